The van der Waals surface area contributed by atoms with Gasteiger partial charge in [0.15, 0.2) is 0 Å². The highest BCUT2D eigenvalue weighted by atomic mass is 15.2. The molecule has 1 unspecified atom stereocenters. The molecule has 0 radical (unpaired) electrons. The normalized spacial score (nSPS) is 22.9. The van der Waals surface area contributed by atoms with Crippen LogP contribution in [0.1, 0.15) is 54.5 Å². The summed E-state index contributed by atoms with van der Waals surface area (Å²) in [5.74, 6) is 1.59. The van der Waals surface area contributed by atoms with Gasteiger partial charge in [-0.15, -0.1) is 0 Å². The van der Waals surface area contributed by atoms with Crippen LogP contribution in [0, 0.1) is 11.3 Å². The molecule has 26 heavy (non-hydrogen) atoms. The van der Waals surface area contributed by atoms with E-state index in [2.05, 4.69) is 40.3 Å². The van der Waals surface area contributed by atoms with Gasteiger partial charge in [-0.3, -0.25) is 0 Å². The van der Waals surface area contributed by atoms with Gasteiger partial charge in [0.25, 0.3) is 0 Å². The number of aryl methyl sites for hydroxylation is 1. The zero-order valence-electron chi connectivity index (χ0n) is 15.1. The molecule has 1 fully saturated rings. The predicted molar refractivity (Wildman–Crippen MR) is 101 cm³/mol. The Balaban J connectivity index is 1.67. The summed E-state index contributed by atoms with van der Waals surface area (Å²) >= 11 is 0. The summed E-state index contributed by atoms with van der Waals surface area (Å²) < 4.78 is 0. The fraction of sp³-hybridized carbons (Fsp3) is 0.476. The van der Waals surface area contributed by atoms with Gasteiger partial charge in [-0.1, -0.05) is 6.92 Å². The van der Waals surface area contributed by atoms with Gasteiger partial charge in [0.1, 0.15) is 12.1 Å². The zero-order valence-corrected chi connectivity index (χ0v) is 15.1. The fourth-order valence-corrected chi connectivity index (χ4v) is 5.10. The Hall–Kier alpha value is -2.45. The van der Waals surface area contributed by atoms with Crippen LogP contribution in [0.25, 0.3) is 0 Å². The SMILES string of the molecule is CC1CCc2ncnc(N3CC4(CCNCC4)c4cc(C#N)ccc43)c21. The third-order valence-corrected chi connectivity index (χ3v) is 6.52. The Kier molecular flexibility index (Phi) is 3.51. The average molecular weight is 345 g/mol. The number of hydrogen-bond donors (Lipinski definition) is 1. The molecular formula is C21H23N5. The Morgan fingerprint density at radius 1 is 1.27 bits per heavy atom. The van der Waals surface area contributed by atoms with Crippen LogP contribution in [0.5, 0.6) is 0 Å². The molecule has 5 rings (SSSR count). The molecule has 1 aliphatic carbocycles. The molecule has 1 aromatic carbocycles. The monoisotopic (exact) mass is 345 g/mol. The smallest absolute Gasteiger partial charge is 0.140 e. The van der Waals surface area contributed by atoms with Crippen LogP contribution in [0.2, 0.25) is 0 Å². The molecule has 0 bridgehead atoms. The number of fused-ring (bicyclic) bond motifs is 3. The molecule has 1 atom stereocenters. The molecule has 1 aromatic heterocycles. The van der Waals surface area contributed by atoms with Crippen LogP contribution in [-0.2, 0) is 11.8 Å². The lowest BCUT2D eigenvalue weighted by atomic mass is 9.74. The first-order valence-corrected chi connectivity index (χ1v) is 9.58. The molecule has 1 spiro atoms. The van der Waals surface area contributed by atoms with Crippen molar-refractivity contribution in [3.63, 3.8) is 0 Å². The molecule has 3 heterocycles. The summed E-state index contributed by atoms with van der Waals surface area (Å²) in [7, 11) is 0. The van der Waals surface area contributed by atoms with Crippen molar-refractivity contribution in [1.29, 1.82) is 5.26 Å². The lowest BCUT2D eigenvalue weighted by Crippen LogP contribution is -2.42. The van der Waals surface area contributed by atoms with Crippen LogP contribution in [0.15, 0.2) is 24.5 Å². The van der Waals surface area contributed by atoms with Crippen molar-refractivity contribution >= 4 is 11.5 Å². The molecule has 5 heteroatoms. The molecular weight excluding hydrogens is 322 g/mol. The second-order valence-electron chi connectivity index (χ2n) is 7.96. The van der Waals surface area contributed by atoms with Crippen molar-refractivity contribution < 1.29 is 0 Å². The molecule has 1 saturated heterocycles. The number of nitrogens with zero attached hydrogens (tertiary/aromatic N) is 4. The highest BCUT2D eigenvalue weighted by Gasteiger charge is 2.45. The summed E-state index contributed by atoms with van der Waals surface area (Å²) in [6.07, 6.45) is 6.14. The lowest BCUT2D eigenvalue weighted by Gasteiger charge is -2.35. The van der Waals surface area contributed by atoms with Crippen LogP contribution in [0.3, 0.4) is 0 Å². The van der Waals surface area contributed by atoms with E-state index >= 15 is 0 Å². The van der Waals surface area contributed by atoms with E-state index in [1.54, 1.807) is 6.33 Å². The number of hydrogen-bond acceptors (Lipinski definition) is 5. The Labute approximate surface area is 154 Å². The zero-order chi connectivity index (χ0) is 17.7. The number of rotatable bonds is 1. The quantitative estimate of drug-likeness (QED) is 0.860. The van der Waals surface area contributed by atoms with Crippen molar-refractivity contribution in [3.05, 3.63) is 46.9 Å². The standard InChI is InChI=1S/C21H23N5/c1-14-2-4-17-19(14)20(25-13-24-17)26-12-21(6-8-23-9-7-21)16-10-15(11-22)3-5-18(16)26/h3,5,10,13-14,23H,2,4,6-9,12H2,1H3. The maximum atomic E-state index is 9.40. The van der Waals surface area contributed by atoms with Crippen molar-refractivity contribution in [2.45, 2.75) is 43.9 Å². The molecule has 0 saturated carbocycles. The predicted octanol–water partition coefficient (Wildman–Crippen LogP) is 3.17. The highest BCUT2D eigenvalue weighted by Crippen LogP contribution is 2.50. The lowest BCUT2D eigenvalue weighted by molar-refractivity contribution is 0.329. The topological polar surface area (TPSA) is 64.8 Å². The van der Waals surface area contributed by atoms with E-state index in [-0.39, 0.29) is 5.41 Å². The second kappa shape index (κ2) is 5.78. The number of anilines is 2. The first kappa shape index (κ1) is 15.8. The van der Waals surface area contributed by atoms with Gasteiger partial charge < -0.3 is 10.2 Å². The Bertz CT molecular complexity index is 907. The number of aromatic nitrogens is 2. The Morgan fingerprint density at radius 3 is 2.92 bits per heavy atom. The molecule has 1 N–H and O–H groups in total. The van der Waals surface area contributed by atoms with Crippen LogP contribution in [-0.4, -0.2) is 29.6 Å². The summed E-state index contributed by atoms with van der Waals surface area (Å²) in [5, 5.41) is 12.9. The molecule has 5 nitrogen and oxygen atoms in total. The third kappa shape index (κ3) is 2.18. The van der Waals surface area contributed by atoms with E-state index in [0.717, 1.165) is 56.7 Å². The Morgan fingerprint density at radius 2 is 2.12 bits per heavy atom. The van der Waals surface area contributed by atoms with Crippen LogP contribution < -0.4 is 10.2 Å². The van der Waals surface area contributed by atoms with E-state index in [0.29, 0.717) is 5.92 Å². The maximum Gasteiger partial charge on any atom is 0.140 e. The summed E-state index contributed by atoms with van der Waals surface area (Å²) in [6, 6.07) is 8.50. The van der Waals surface area contributed by atoms with E-state index in [4.69, 9.17) is 4.98 Å². The van der Waals surface area contributed by atoms with E-state index in [1.807, 2.05) is 6.07 Å². The average Bonchev–Trinajstić information content (AvgIpc) is 3.21. The fourth-order valence-electron chi connectivity index (χ4n) is 5.10. The van der Waals surface area contributed by atoms with E-state index < -0.39 is 0 Å². The van der Waals surface area contributed by atoms with Crippen molar-refractivity contribution in [1.82, 2.24) is 15.3 Å². The summed E-state index contributed by atoms with van der Waals surface area (Å²) in [5.41, 5.74) is 5.97. The van der Waals surface area contributed by atoms with Gasteiger partial charge in [0.05, 0.1) is 11.6 Å². The number of nitriles is 1. The van der Waals surface area contributed by atoms with Gasteiger partial charge in [-0.25, -0.2) is 9.97 Å². The second-order valence-corrected chi connectivity index (χ2v) is 7.96. The van der Waals surface area contributed by atoms with Crippen LogP contribution in [0.4, 0.5) is 11.5 Å². The molecule has 2 aromatic rings. The molecule has 132 valence electrons. The third-order valence-electron chi connectivity index (χ3n) is 6.52. The van der Waals surface area contributed by atoms with Gasteiger partial charge in [-0.05, 0) is 68.5 Å². The van der Waals surface area contributed by atoms with Gasteiger partial charge >= 0.3 is 0 Å². The molecule has 3 aliphatic rings. The van der Waals surface area contributed by atoms with Crippen LogP contribution >= 0.6 is 0 Å². The summed E-state index contributed by atoms with van der Waals surface area (Å²) in [6.45, 7) is 5.30. The van der Waals surface area contributed by atoms with Crippen molar-refractivity contribution in [2.24, 2.45) is 0 Å². The summed E-state index contributed by atoms with van der Waals surface area (Å²) in [4.78, 5) is 11.7. The molecule has 0 amide bonds. The largest absolute Gasteiger partial charge is 0.325 e. The maximum absolute atomic E-state index is 9.40. The minimum absolute atomic E-state index is 0.118. The van der Waals surface area contributed by atoms with E-state index in [1.165, 1.54) is 22.5 Å². The highest BCUT2D eigenvalue weighted by molar-refractivity contribution is 5.74. The first-order valence-electron chi connectivity index (χ1n) is 9.58. The minimum Gasteiger partial charge on any atom is -0.325 e. The first-order chi connectivity index (χ1) is 12.7. The number of nitrogens with one attached hydrogen (secondary N) is 1. The van der Waals surface area contributed by atoms with E-state index in [9.17, 15) is 5.26 Å². The van der Waals surface area contributed by atoms with Crippen molar-refractivity contribution in [3.8, 4) is 6.07 Å². The van der Waals surface area contributed by atoms with Gasteiger partial charge in [0, 0.05) is 28.9 Å². The minimum atomic E-state index is 0.118. The number of benzene rings is 1. The van der Waals surface area contributed by atoms with Crippen molar-refractivity contribution in [2.75, 3.05) is 24.5 Å². The number of piperidine rings is 1. The van der Waals surface area contributed by atoms with Gasteiger partial charge in [-0.2, -0.15) is 5.26 Å². The van der Waals surface area contributed by atoms with Gasteiger partial charge in [0.2, 0.25) is 0 Å². The molecule has 2 aliphatic heterocycles.